The molecule has 1 fully saturated rings. The van der Waals surface area contributed by atoms with Gasteiger partial charge in [-0.25, -0.2) is 4.98 Å². The summed E-state index contributed by atoms with van der Waals surface area (Å²) in [6, 6.07) is 0. The highest BCUT2D eigenvalue weighted by Gasteiger charge is 2.25. The number of nitrogens with one attached hydrogen (secondary N) is 1. The molecule has 1 aliphatic carbocycles. The summed E-state index contributed by atoms with van der Waals surface area (Å²) in [7, 11) is 0. The molecule has 116 valence electrons. The van der Waals surface area contributed by atoms with Gasteiger partial charge in [-0.3, -0.25) is 10.1 Å². The quantitative estimate of drug-likeness (QED) is 0.488. The molecule has 6 nitrogen and oxygen atoms in total. The normalized spacial score (nSPS) is 22.0. The van der Waals surface area contributed by atoms with Crippen LogP contribution in [0, 0.1) is 16.0 Å². The van der Waals surface area contributed by atoms with Crippen molar-refractivity contribution >= 4 is 23.4 Å². The van der Waals surface area contributed by atoms with E-state index in [1.807, 2.05) is 0 Å². The van der Waals surface area contributed by atoms with E-state index in [0.29, 0.717) is 22.1 Å². The van der Waals surface area contributed by atoms with E-state index in [4.69, 9.17) is 0 Å². The van der Waals surface area contributed by atoms with Crippen LogP contribution < -0.4 is 5.32 Å². The van der Waals surface area contributed by atoms with E-state index in [1.165, 1.54) is 30.8 Å². The number of nitro groups is 1. The van der Waals surface area contributed by atoms with Crippen molar-refractivity contribution in [3.8, 4) is 0 Å². The third-order valence-electron chi connectivity index (χ3n) is 3.63. The molecule has 2 atom stereocenters. The molecule has 0 radical (unpaired) electrons. The Morgan fingerprint density at radius 3 is 3.00 bits per heavy atom. The van der Waals surface area contributed by atoms with E-state index in [0.717, 1.165) is 25.8 Å². The zero-order chi connectivity index (χ0) is 15.2. The number of thioether (sulfide) groups is 1. The molecule has 1 saturated carbocycles. The van der Waals surface area contributed by atoms with Crippen molar-refractivity contribution in [2.45, 2.75) is 56.2 Å². The van der Waals surface area contributed by atoms with Crippen LogP contribution in [0.15, 0.2) is 11.2 Å². The molecule has 0 spiro atoms. The van der Waals surface area contributed by atoms with Crippen molar-refractivity contribution in [2.24, 2.45) is 5.92 Å². The van der Waals surface area contributed by atoms with Gasteiger partial charge in [0.2, 0.25) is 5.95 Å². The zero-order valence-electron chi connectivity index (χ0n) is 12.5. The molecule has 1 heterocycles. The first-order valence-corrected chi connectivity index (χ1v) is 8.40. The molecule has 2 rings (SSSR count). The minimum absolute atomic E-state index is 0.0141. The van der Waals surface area contributed by atoms with Gasteiger partial charge in [-0.15, -0.1) is 0 Å². The summed E-state index contributed by atoms with van der Waals surface area (Å²) in [6.07, 6.45) is 6.94. The molecule has 0 aromatic carbocycles. The van der Waals surface area contributed by atoms with Crippen LogP contribution in [0.25, 0.3) is 0 Å². The molecular formula is C14H22N4O2S. The van der Waals surface area contributed by atoms with Crippen LogP contribution in [0.1, 0.15) is 46.0 Å². The number of nitrogens with zero attached hydrogens (tertiary/aromatic N) is 3. The minimum Gasteiger partial charge on any atom is -0.354 e. The summed E-state index contributed by atoms with van der Waals surface area (Å²) in [5, 5.41) is 15.1. The third-order valence-corrected chi connectivity index (χ3v) is 4.92. The van der Waals surface area contributed by atoms with Crippen LogP contribution in [-0.4, -0.2) is 26.7 Å². The van der Waals surface area contributed by atoms with Gasteiger partial charge in [0.15, 0.2) is 5.03 Å². The van der Waals surface area contributed by atoms with Gasteiger partial charge in [0.25, 0.3) is 0 Å². The predicted molar refractivity (Wildman–Crippen MR) is 84.7 cm³/mol. The Hall–Kier alpha value is -1.37. The molecule has 21 heavy (non-hydrogen) atoms. The molecule has 7 heteroatoms. The van der Waals surface area contributed by atoms with E-state index in [9.17, 15) is 10.1 Å². The number of rotatable bonds is 6. The fourth-order valence-corrected chi connectivity index (χ4v) is 3.95. The summed E-state index contributed by atoms with van der Waals surface area (Å²) in [4.78, 5) is 19.1. The van der Waals surface area contributed by atoms with Crippen molar-refractivity contribution in [3.05, 3.63) is 16.3 Å². The maximum Gasteiger partial charge on any atom is 0.319 e. The van der Waals surface area contributed by atoms with Gasteiger partial charge in [-0.1, -0.05) is 38.5 Å². The second kappa shape index (κ2) is 7.59. The summed E-state index contributed by atoms with van der Waals surface area (Å²) >= 11 is 1.54. The molecule has 0 amide bonds. The average molecular weight is 310 g/mol. The van der Waals surface area contributed by atoms with E-state index >= 15 is 0 Å². The van der Waals surface area contributed by atoms with Crippen LogP contribution in [-0.2, 0) is 0 Å². The lowest BCUT2D eigenvalue weighted by Crippen LogP contribution is -2.15. The Kier molecular flexibility index (Phi) is 5.78. The SMILES string of the molecule is CCCNc1ncc([N+](=O)[O-])c(SC2CCCC(C)C2)n1. The third kappa shape index (κ3) is 4.56. The monoisotopic (exact) mass is 310 g/mol. The van der Waals surface area contributed by atoms with Crippen molar-refractivity contribution < 1.29 is 4.92 Å². The van der Waals surface area contributed by atoms with Gasteiger partial charge in [-0.2, -0.15) is 4.98 Å². The Labute approximate surface area is 129 Å². The van der Waals surface area contributed by atoms with Crippen molar-refractivity contribution in [1.29, 1.82) is 0 Å². The lowest BCUT2D eigenvalue weighted by molar-refractivity contribution is -0.388. The predicted octanol–water partition coefficient (Wildman–Crippen LogP) is 3.88. The Balaban J connectivity index is 2.15. The second-order valence-corrected chi connectivity index (χ2v) is 6.87. The lowest BCUT2D eigenvalue weighted by atomic mass is 9.91. The van der Waals surface area contributed by atoms with Crippen LogP contribution in [0.5, 0.6) is 0 Å². The first kappa shape index (κ1) is 16.0. The minimum atomic E-state index is -0.391. The van der Waals surface area contributed by atoms with Gasteiger partial charge < -0.3 is 5.32 Å². The van der Waals surface area contributed by atoms with E-state index in [1.54, 1.807) is 0 Å². The summed E-state index contributed by atoms with van der Waals surface area (Å²) in [5.74, 6) is 1.17. The number of hydrogen-bond acceptors (Lipinski definition) is 6. The standard InChI is InChI=1S/C14H22N4O2S/c1-3-7-15-14-16-9-12(18(19)20)13(17-14)21-11-6-4-5-10(2)8-11/h9-11H,3-8H2,1-2H3,(H,15,16,17). The molecule has 0 saturated heterocycles. The van der Waals surface area contributed by atoms with Crippen molar-refractivity contribution in [1.82, 2.24) is 9.97 Å². The highest BCUT2D eigenvalue weighted by molar-refractivity contribution is 8.00. The summed E-state index contributed by atoms with van der Waals surface area (Å²) < 4.78 is 0. The first-order valence-electron chi connectivity index (χ1n) is 7.52. The molecule has 0 bridgehead atoms. The molecule has 1 aromatic rings. The largest absolute Gasteiger partial charge is 0.354 e. The molecule has 2 unspecified atom stereocenters. The fourth-order valence-electron chi connectivity index (χ4n) is 2.54. The Bertz CT molecular complexity index is 498. The second-order valence-electron chi connectivity index (χ2n) is 5.58. The van der Waals surface area contributed by atoms with Crippen molar-refractivity contribution in [2.75, 3.05) is 11.9 Å². The number of aromatic nitrogens is 2. The maximum atomic E-state index is 11.1. The average Bonchev–Trinajstić information content (AvgIpc) is 2.45. The van der Waals surface area contributed by atoms with Gasteiger partial charge in [-0.05, 0) is 25.2 Å². The molecular weight excluding hydrogens is 288 g/mol. The molecule has 0 aliphatic heterocycles. The van der Waals surface area contributed by atoms with Crippen LogP contribution in [0.4, 0.5) is 11.6 Å². The van der Waals surface area contributed by atoms with E-state index in [2.05, 4.69) is 29.1 Å². The summed E-state index contributed by atoms with van der Waals surface area (Å²) in [5.41, 5.74) is 0.0141. The molecule has 1 N–H and O–H groups in total. The summed E-state index contributed by atoms with van der Waals surface area (Å²) in [6.45, 7) is 5.06. The Morgan fingerprint density at radius 2 is 2.33 bits per heavy atom. The van der Waals surface area contributed by atoms with Crippen LogP contribution >= 0.6 is 11.8 Å². The highest BCUT2D eigenvalue weighted by Crippen LogP contribution is 2.38. The molecule has 1 aliphatic rings. The smallest absolute Gasteiger partial charge is 0.319 e. The van der Waals surface area contributed by atoms with Crippen molar-refractivity contribution in [3.63, 3.8) is 0 Å². The van der Waals surface area contributed by atoms with Crippen LogP contribution in [0.3, 0.4) is 0 Å². The van der Waals surface area contributed by atoms with Gasteiger partial charge in [0.05, 0.1) is 4.92 Å². The van der Waals surface area contributed by atoms with E-state index < -0.39 is 4.92 Å². The zero-order valence-corrected chi connectivity index (χ0v) is 13.4. The fraction of sp³-hybridized carbons (Fsp3) is 0.714. The Morgan fingerprint density at radius 1 is 1.52 bits per heavy atom. The van der Waals surface area contributed by atoms with Gasteiger partial charge >= 0.3 is 5.69 Å². The first-order chi connectivity index (χ1) is 10.1. The van der Waals surface area contributed by atoms with Crippen LogP contribution in [0.2, 0.25) is 0 Å². The van der Waals surface area contributed by atoms with E-state index in [-0.39, 0.29) is 5.69 Å². The number of hydrogen-bond donors (Lipinski definition) is 1. The van der Waals surface area contributed by atoms with Gasteiger partial charge in [0.1, 0.15) is 6.20 Å². The topological polar surface area (TPSA) is 81.0 Å². The number of anilines is 1. The highest BCUT2D eigenvalue weighted by atomic mass is 32.2. The van der Waals surface area contributed by atoms with Gasteiger partial charge in [0, 0.05) is 11.8 Å². The lowest BCUT2D eigenvalue weighted by Gasteiger charge is -2.25. The maximum absolute atomic E-state index is 11.1. The molecule has 1 aromatic heterocycles.